The number of aromatic hydroxyl groups is 1. The first-order valence-electron chi connectivity index (χ1n) is 8.36. The summed E-state index contributed by atoms with van der Waals surface area (Å²) in [5, 5.41) is 12.5. The van der Waals surface area contributed by atoms with E-state index >= 15 is 0 Å². The molecule has 3 nitrogen and oxygen atoms in total. The lowest BCUT2D eigenvalue weighted by Gasteiger charge is -2.19. The third kappa shape index (κ3) is 3.73. The number of hydrogen-bond acceptors (Lipinski definition) is 3. The van der Waals surface area contributed by atoms with Crippen molar-refractivity contribution >= 4 is 51.9 Å². The summed E-state index contributed by atoms with van der Waals surface area (Å²) in [6.07, 6.45) is 1.72. The molecule has 6 heteroatoms. The van der Waals surface area contributed by atoms with Gasteiger partial charge < -0.3 is 9.76 Å². The second kappa shape index (κ2) is 7.51. The Kier molecular flexibility index (Phi) is 4.93. The number of halogens is 2. The maximum atomic E-state index is 10.4. The summed E-state index contributed by atoms with van der Waals surface area (Å²) >= 11 is 12.4. The SMILES string of the molecule is Oc1ccc(Cl)cc1B(Oc1cccc2cccnc12)c1cccc(Cl)c1. The standard InChI is InChI=1S/C21H14BCl2NO2/c23-16-7-2-6-15(12-16)22(18-13-17(24)9-10-19(18)26)27-20-8-1-4-14-5-3-11-25-21(14)20/h1-13,26H. The van der Waals surface area contributed by atoms with Crippen molar-refractivity contribution in [2.24, 2.45) is 0 Å². The van der Waals surface area contributed by atoms with E-state index in [1.54, 1.807) is 30.5 Å². The zero-order valence-electron chi connectivity index (χ0n) is 14.1. The number of aromatic nitrogens is 1. The summed E-state index contributed by atoms with van der Waals surface area (Å²) in [6, 6.07) is 21.8. The Hall–Kier alpha value is -2.69. The van der Waals surface area contributed by atoms with Gasteiger partial charge in [-0.05, 0) is 47.9 Å². The number of nitrogens with zero attached hydrogens (tertiary/aromatic N) is 1. The van der Waals surface area contributed by atoms with Crippen molar-refractivity contribution in [3.05, 3.63) is 89.0 Å². The molecule has 0 aliphatic carbocycles. The van der Waals surface area contributed by atoms with Gasteiger partial charge in [0.1, 0.15) is 17.0 Å². The fraction of sp³-hybridized carbons (Fsp3) is 0. The van der Waals surface area contributed by atoms with Crippen LogP contribution in [0.3, 0.4) is 0 Å². The third-order valence-corrected chi connectivity index (χ3v) is 4.73. The van der Waals surface area contributed by atoms with Crippen molar-refractivity contribution in [2.75, 3.05) is 0 Å². The minimum absolute atomic E-state index is 0.0950. The fourth-order valence-corrected chi connectivity index (χ4v) is 3.39. The molecule has 0 amide bonds. The number of phenolic OH excluding ortho intramolecular Hbond substituents is 1. The molecule has 1 aromatic heterocycles. The predicted molar refractivity (Wildman–Crippen MR) is 112 cm³/mol. The Balaban J connectivity index is 1.86. The lowest BCUT2D eigenvalue weighted by atomic mass is 9.55. The van der Waals surface area contributed by atoms with Crippen molar-refractivity contribution in [1.29, 1.82) is 0 Å². The van der Waals surface area contributed by atoms with Gasteiger partial charge in [-0.2, -0.15) is 0 Å². The van der Waals surface area contributed by atoms with Gasteiger partial charge in [-0.1, -0.05) is 53.5 Å². The second-order valence-electron chi connectivity index (χ2n) is 6.09. The third-order valence-electron chi connectivity index (χ3n) is 4.26. The number of phenols is 1. The van der Waals surface area contributed by atoms with Crippen LogP contribution in [-0.4, -0.2) is 17.0 Å². The summed E-state index contributed by atoms with van der Waals surface area (Å²) in [7, 11) is 0. The van der Waals surface area contributed by atoms with Crippen molar-refractivity contribution in [3.8, 4) is 11.5 Å². The number of benzene rings is 3. The molecule has 132 valence electrons. The molecule has 4 aromatic rings. The average molecular weight is 394 g/mol. The minimum atomic E-state index is -0.602. The zero-order chi connectivity index (χ0) is 18.8. The van der Waals surface area contributed by atoms with E-state index in [-0.39, 0.29) is 5.75 Å². The molecule has 3 aromatic carbocycles. The van der Waals surface area contributed by atoms with Gasteiger partial charge in [-0.25, -0.2) is 0 Å². The lowest BCUT2D eigenvalue weighted by molar-refractivity contribution is 0.477. The highest BCUT2D eigenvalue weighted by Crippen LogP contribution is 2.24. The molecule has 0 saturated carbocycles. The molecule has 0 aliphatic heterocycles. The topological polar surface area (TPSA) is 42.4 Å². The van der Waals surface area contributed by atoms with Gasteiger partial charge in [-0.3, -0.25) is 4.98 Å². The molecule has 1 N–H and O–H groups in total. The van der Waals surface area contributed by atoms with E-state index < -0.39 is 6.92 Å². The molecular weight excluding hydrogens is 380 g/mol. The Morgan fingerprint density at radius 2 is 1.63 bits per heavy atom. The molecule has 1 heterocycles. The van der Waals surface area contributed by atoms with Crippen LogP contribution in [0.5, 0.6) is 11.5 Å². The molecule has 0 fully saturated rings. The first-order valence-corrected chi connectivity index (χ1v) is 9.12. The van der Waals surface area contributed by atoms with Crippen LogP contribution in [0.25, 0.3) is 10.9 Å². The maximum Gasteiger partial charge on any atom is 0.430 e. The van der Waals surface area contributed by atoms with Gasteiger partial charge >= 0.3 is 6.92 Å². The second-order valence-corrected chi connectivity index (χ2v) is 6.96. The monoisotopic (exact) mass is 393 g/mol. The Labute approximate surface area is 167 Å². The molecule has 0 saturated heterocycles. The van der Waals surface area contributed by atoms with Crippen molar-refractivity contribution in [2.45, 2.75) is 0 Å². The Morgan fingerprint density at radius 3 is 2.48 bits per heavy atom. The van der Waals surface area contributed by atoms with E-state index in [2.05, 4.69) is 4.98 Å². The van der Waals surface area contributed by atoms with Crippen LogP contribution in [0, 0.1) is 0 Å². The molecule has 0 atom stereocenters. The van der Waals surface area contributed by atoms with Crippen LogP contribution < -0.4 is 15.6 Å². The van der Waals surface area contributed by atoms with Crippen molar-refractivity contribution in [3.63, 3.8) is 0 Å². The highest BCUT2D eigenvalue weighted by molar-refractivity contribution is 6.81. The smallest absolute Gasteiger partial charge is 0.430 e. The summed E-state index contributed by atoms with van der Waals surface area (Å²) in [5.74, 6) is 0.704. The highest BCUT2D eigenvalue weighted by atomic mass is 35.5. The van der Waals surface area contributed by atoms with Gasteiger partial charge in [0.05, 0.1) is 0 Å². The number of rotatable bonds is 4. The van der Waals surface area contributed by atoms with Crippen LogP contribution in [-0.2, 0) is 0 Å². The van der Waals surface area contributed by atoms with Crippen molar-refractivity contribution in [1.82, 2.24) is 4.98 Å². The first kappa shape index (κ1) is 17.7. The van der Waals surface area contributed by atoms with E-state index in [1.807, 2.05) is 48.5 Å². The molecule has 27 heavy (non-hydrogen) atoms. The average Bonchev–Trinajstić information content (AvgIpc) is 2.68. The van der Waals surface area contributed by atoms with Crippen molar-refractivity contribution < 1.29 is 9.76 Å². The summed E-state index contributed by atoms with van der Waals surface area (Å²) < 4.78 is 6.35. The maximum absolute atomic E-state index is 10.4. The molecule has 0 unspecified atom stereocenters. The van der Waals surface area contributed by atoms with Crippen LogP contribution in [0.1, 0.15) is 0 Å². The van der Waals surface area contributed by atoms with Gasteiger partial charge in [0, 0.05) is 27.1 Å². The van der Waals surface area contributed by atoms with Crippen LogP contribution >= 0.6 is 23.2 Å². The van der Waals surface area contributed by atoms with Crippen LogP contribution in [0.2, 0.25) is 10.0 Å². The first-order chi connectivity index (χ1) is 13.1. The number of fused-ring (bicyclic) bond motifs is 1. The molecule has 4 rings (SSSR count). The Bertz CT molecular complexity index is 1110. The predicted octanol–water partition coefficient (Wildman–Crippen LogP) is 4.43. The van der Waals surface area contributed by atoms with E-state index in [0.717, 1.165) is 16.4 Å². The Morgan fingerprint density at radius 1 is 0.852 bits per heavy atom. The number of hydrogen-bond donors (Lipinski definition) is 1. The summed E-state index contributed by atoms with van der Waals surface area (Å²) in [4.78, 5) is 4.44. The molecule has 0 aliphatic rings. The van der Waals surface area contributed by atoms with Crippen LogP contribution in [0.15, 0.2) is 79.0 Å². The largest absolute Gasteiger partial charge is 0.550 e. The van der Waals surface area contributed by atoms with E-state index in [1.165, 1.54) is 0 Å². The quantitative estimate of drug-likeness (QED) is 0.521. The number of pyridine rings is 1. The fourth-order valence-electron chi connectivity index (χ4n) is 3.01. The zero-order valence-corrected chi connectivity index (χ0v) is 15.7. The minimum Gasteiger partial charge on any atom is -0.550 e. The summed E-state index contributed by atoms with van der Waals surface area (Å²) in [5.41, 5.74) is 2.10. The lowest BCUT2D eigenvalue weighted by Crippen LogP contribution is -2.47. The normalized spacial score (nSPS) is 10.7. The molecule has 0 spiro atoms. The van der Waals surface area contributed by atoms with E-state index in [9.17, 15) is 5.11 Å². The van der Waals surface area contributed by atoms with Gasteiger partial charge in [0.25, 0.3) is 0 Å². The molecule has 0 bridgehead atoms. The van der Waals surface area contributed by atoms with E-state index in [0.29, 0.717) is 21.3 Å². The van der Waals surface area contributed by atoms with Gasteiger partial charge in [-0.15, -0.1) is 0 Å². The number of para-hydroxylation sites is 1. The van der Waals surface area contributed by atoms with Crippen LogP contribution in [0.4, 0.5) is 0 Å². The van der Waals surface area contributed by atoms with Gasteiger partial charge in [0.15, 0.2) is 0 Å². The molecular formula is C21H14BCl2NO2. The summed E-state index contributed by atoms with van der Waals surface area (Å²) in [6.45, 7) is -0.602. The van der Waals surface area contributed by atoms with E-state index in [4.69, 9.17) is 27.9 Å². The van der Waals surface area contributed by atoms with Gasteiger partial charge in [0.2, 0.25) is 0 Å². The molecule has 0 radical (unpaired) electrons. The highest BCUT2D eigenvalue weighted by Gasteiger charge is 2.28.